The molecule has 0 aromatic heterocycles. The molecule has 64 valence electrons. The average Bonchev–Trinajstić information content (AvgIpc) is 2.05. The van der Waals surface area contributed by atoms with Crippen LogP contribution in [-0.4, -0.2) is 0 Å². The van der Waals surface area contributed by atoms with Crippen LogP contribution in [0.4, 0.5) is 0 Å². The zero-order valence-electron chi connectivity index (χ0n) is 6.82. The van der Waals surface area contributed by atoms with Crippen molar-refractivity contribution >= 4 is 12.4 Å². The number of halogens is 1. The van der Waals surface area contributed by atoms with Gasteiger partial charge in [0.2, 0.25) is 0 Å². The largest absolute Gasteiger partial charge is 0.324 e. The Bertz CT molecular complexity index is 272. The maximum atomic E-state index is 8.49. The summed E-state index contributed by atoms with van der Waals surface area (Å²) in [7, 11) is 0. The van der Waals surface area contributed by atoms with E-state index in [1.807, 2.05) is 19.1 Å². The van der Waals surface area contributed by atoms with Crippen molar-refractivity contribution in [3.8, 4) is 6.07 Å². The molecule has 12 heavy (non-hydrogen) atoms. The highest BCUT2D eigenvalue weighted by Gasteiger charge is 1.97. The fraction of sp³-hybridized carbons (Fsp3) is 0.222. The SMILES string of the molecule is C[C@H](N)c1ccc(C#N)cc1.Cl. The van der Waals surface area contributed by atoms with Crippen molar-refractivity contribution < 1.29 is 0 Å². The van der Waals surface area contributed by atoms with E-state index in [2.05, 4.69) is 6.07 Å². The molecular weight excluding hydrogens is 172 g/mol. The van der Waals surface area contributed by atoms with Gasteiger partial charge in [0.05, 0.1) is 11.6 Å². The third kappa shape index (κ3) is 2.54. The van der Waals surface area contributed by atoms with E-state index in [4.69, 9.17) is 11.0 Å². The topological polar surface area (TPSA) is 49.8 Å². The summed E-state index contributed by atoms with van der Waals surface area (Å²) in [4.78, 5) is 0. The van der Waals surface area contributed by atoms with Crippen LogP contribution >= 0.6 is 12.4 Å². The second-order valence-electron chi connectivity index (χ2n) is 2.52. The summed E-state index contributed by atoms with van der Waals surface area (Å²) < 4.78 is 0. The van der Waals surface area contributed by atoms with Gasteiger partial charge >= 0.3 is 0 Å². The number of nitriles is 1. The summed E-state index contributed by atoms with van der Waals surface area (Å²) in [6.07, 6.45) is 0. The highest BCUT2D eigenvalue weighted by molar-refractivity contribution is 5.85. The number of nitrogens with two attached hydrogens (primary N) is 1. The molecule has 1 rings (SSSR count). The standard InChI is InChI=1S/C9H10N2.ClH/c1-7(11)9-4-2-8(6-10)3-5-9;/h2-5,7H,11H2,1H3;1H/t7-;/m0./s1. The van der Waals surface area contributed by atoms with Crippen molar-refractivity contribution in [3.05, 3.63) is 35.4 Å². The van der Waals surface area contributed by atoms with Crippen molar-refractivity contribution in [3.63, 3.8) is 0 Å². The number of nitrogens with zero attached hydrogens (tertiary/aromatic N) is 1. The third-order valence-electron chi connectivity index (χ3n) is 1.57. The summed E-state index contributed by atoms with van der Waals surface area (Å²) in [6, 6.07) is 9.41. The van der Waals surface area contributed by atoms with Gasteiger partial charge in [-0.2, -0.15) is 5.26 Å². The Hall–Kier alpha value is -1.04. The molecule has 3 heteroatoms. The molecule has 0 fully saturated rings. The predicted molar refractivity (Wildman–Crippen MR) is 51.0 cm³/mol. The van der Waals surface area contributed by atoms with Gasteiger partial charge in [0.1, 0.15) is 0 Å². The lowest BCUT2D eigenvalue weighted by Gasteiger charge is -2.03. The van der Waals surface area contributed by atoms with E-state index >= 15 is 0 Å². The van der Waals surface area contributed by atoms with E-state index in [1.165, 1.54) is 0 Å². The number of rotatable bonds is 1. The van der Waals surface area contributed by atoms with Gasteiger partial charge < -0.3 is 5.73 Å². The fourth-order valence-corrected chi connectivity index (χ4v) is 0.861. The molecule has 0 saturated carbocycles. The number of hydrogen-bond donors (Lipinski definition) is 1. The second kappa shape index (κ2) is 4.76. The number of hydrogen-bond acceptors (Lipinski definition) is 2. The normalized spacial score (nSPS) is 11.1. The summed E-state index contributed by atoms with van der Waals surface area (Å²) in [5.41, 5.74) is 7.36. The van der Waals surface area contributed by atoms with E-state index in [-0.39, 0.29) is 18.4 Å². The summed E-state index contributed by atoms with van der Waals surface area (Å²) in [5, 5.41) is 8.49. The minimum absolute atomic E-state index is 0. The smallest absolute Gasteiger partial charge is 0.0991 e. The monoisotopic (exact) mass is 182 g/mol. The Balaban J connectivity index is 0.00000121. The second-order valence-corrected chi connectivity index (χ2v) is 2.52. The van der Waals surface area contributed by atoms with E-state index in [0.717, 1.165) is 5.56 Å². The quantitative estimate of drug-likeness (QED) is 0.722. The van der Waals surface area contributed by atoms with Crippen LogP contribution in [0.2, 0.25) is 0 Å². The minimum Gasteiger partial charge on any atom is -0.324 e. The molecule has 1 aromatic carbocycles. The maximum Gasteiger partial charge on any atom is 0.0991 e. The van der Waals surface area contributed by atoms with Crippen molar-refractivity contribution in [2.24, 2.45) is 5.73 Å². The first kappa shape index (κ1) is 11.0. The van der Waals surface area contributed by atoms with Gasteiger partial charge in [0, 0.05) is 6.04 Å². The van der Waals surface area contributed by atoms with Crippen LogP contribution in [0.15, 0.2) is 24.3 Å². The lowest BCUT2D eigenvalue weighted by atomic mass is 10.1. The molecule has 1 aromatic rings. The summed E-state index contributed by atoms with van der Waals surface area (Å²) >= 11 is 0. The molecule has 0 heterocycles. The summed E-state index contributed by atoms with van der Waals surface area (Å²) in [5.74, 6) is 0. The molecule has 0 aliphatic rings. The Morgan fingerprint density at radius 3 is 2.17 bits per heavy atom. The van der Waals surface area contributed by atoms with Gasteiger partial charge in [-0.1, -0.05) is 12.1 Å². The Kier molecular flexibility index (Phi) is 4.35. The molecule has 0 radical (unpaired) electrons. The van der Waals surface area contributed by atoms with Gasteiger partial charge in [-0.15, -0.1) is 12.4 Å². The van der Waals surface area contributed by atoms with Crippen LogP contribution in [-0.2, 0) is 0 Å². The number of benzene rings is 1. The van der Waals surface area contributed by atoms with Crippen molar-refractivity contribution in [1.82, 2.24) is 0 Å². The highest BCUT2D eigenvalue weighted by atomic mass is 35.5. The first-order chi connectivity index (χ1) is 5.24. The molecule has 1 atom stereocenters. The lowest BCUT2D eigenvalue weighted by molar-refractivity contribution is 0.818. The minimum atomic E-state index is 0. The fourth-order valence-electron chi connectivity index (χ4n) is 0.861. The Labute approximate surface area is 78.4 Å². The third-order valence-corrected chi connectivity index (χ3v) is 1.57. The molecular formula is C9H11ClN2. The molecule has 0 aliphatic carbocycles. The lowest BCUT2D eigenvalue weighted by Crippen LogP contribution is -2.04. The zero-order valence-corrected chi connectivity index (χ0v) is 7.64. The zero-order chi connectivity index (χ0) is 8.27. The molecule has 0 amide bonds. The van der Waals surface area contributed by atoms with Crippen molar-refractivity contribution in [2.45, 2.75) is 13.0 Å². The van der Waals surface area contributed by atoms with Crippen LogP contribution in [0.3, 0.4) is 0 Å². The average molecular weight is 183 g/mol. The molecule has 2 N–H and O–H groups in total. The first-order valence-electron chi connectivity index (χ1n) is 3.49. The van der Waals surface area contributed by atoms with E-state index in [0.29, 0.717) is 5.56 Å². The van der Waals surface area contributed by atoms with Gasteiger partial charge in [0.25, 0.3) is 0 Å². The van der Waals surface area contributed by atoms with Crippen molar-refractivity contribution in [1.29, 1.82) is 5.26 Å². The van der Waals surface area contributed by atoms with E-state index in [9.17, 15) is 0 Å². The summed E-state index contributed by atoms with van der Waals surface area (Å²) in [6.45, 7) is 1.92. The van der Waals surface area contributed by atoms with Crippen LogP contribution in [0, 0.1) is 11.3 Å². The highest BCUT2D eigenvalue weighted by Crippen LogP contribution is 2.09. The Morgan fingerprint density at radius 1 is 1.33 bits per heavy atom. The maximum absolute atomic E-state index is 8.49. The Morgan fingerprint density at radius 2 is 1.83 bits per heavy atom. The predicted octanol–water partition coefficient (Wildman–Crippen LogP) is 2.00. The van der Waals surface area contributed by atoms with Crippen LogP contribution in [0.5, 0.6) is 0 Å². The molecule has 0 bridgehead atoms. The van der Waals surface area contributed by atoms with Gasteiger partial charge in [-0.05, 0) is 24.6 Å². The molecule has 2 nitrogen and oxygen atoms in total. The molecule has 0 saturated heterocycles. The van der Waals surface area contributed by atoms with Crippen molar-refractivity contribution in [2.75, 3.05) is 0 Å². The van der Waals surface area contributed by atoms with Gasteiger partial charge in [-0.25, -0.2) is 0 Å². The van der Waals surface area contributed by atoms with E-state index in [1.54, 1.807) is 12.1 Å². The van der Waals surface area contributed by atoms with Gasteiger partial charge in [-0.3, -0.25) is 0 Å². The molecule has 0 spiro atoms. The van der Waals surface area contributed by atoms with Gasteiger partial charge in [0.15, 0.2) is 0 Å². The van der Waals surface area contributed by atoms with Crippen LogP contribution in [0.25, 0.3) is 0 Å². The first-order valence-corrected chi connectivity index (χ1v) is 3.49. The van der Waals surface area contributed by atoms with E-state index < -0.39 is 0 Å². The van der Waals surface area contributed by atoms with Crippen LogP contribution < -0.4 is 5.73 Å². The molecule has 0 aliphatic heterocycles. The molecule has 0 unspecified atom stereocenters. The van der Waals surface area contributed by atoms with Crippen LogP contribution in [0.1, 0.15) is 24.1 Å².